The molecular weight excluding hydrogens is 346 g/mol. The Morgan fingerprint density at radius 1 is 1.08 bits per heavy atom. The first kappa shape index (κ1) is 18.2. The number of carbonyl (C=O) groups excluding carboxylic acids is 1. The van der Waals surface area contributed by atoms with Crippen LogP contribution in [0.4, 0.5) is 0 Å². The van der Waals surface area contributed by atoms with E-state index in [2.05, 4.69) is 54.4 Å². The van der Waals surface area contributed by atoms with Gasteiger partial charge in [0.2, 0.25) is 0 Å². The van der Waals surface area contributed by atoms with Crippen LogP contribution in [0.5, 0.6) is 0 Å². The molecule has 0 saturated heterocycles. The number of hydrogen-bond acceptors (Lipinski definition) is 5. The molecule has 0 bridgehead atoms. The molecule has 0 aliphatic carbocycles. The highest BCUT2D eigenvalue weighted by Crippen LogP contribution is 2.25. The van der Waals surface area contributed by atoms with Gasteiger partial charge in [-0.3, -0.25) is 9.36 Å². The van der Waals surface area contributed by atoms with Crippen molar-refractivity contribution in [2.24, 2.45) is 0 Å². The van der Waals surface area contributed by atoms with Gasteiger partial charge in [-0.15, -0.1) is 10.2 Å². The molecule has 0 atom stereocenters. The van der Waals surface area contributed by atoms with Crippen LogP contribution in [0.15, 0.2) is 53.7 Å². The molecule has 5 nitrogen and oxygen atoms in total. The van der Waals surface area contributed by atoms with E-state index in [1.54, 1.807) is 0 Å². The maximum atomic E-state index is 11.5. The highest BCUT2D eigenvalue weighted by Gasteiger charge is 2.17. The van der Waals surface area contributed by atoms with Gasteiger partial charge in [-0.25, -0.2) is 0 Å². The minimum Gasteiger partial charge on any atom is -0.468 e. The van der Waals surface area contributed by atoms with Gasteiger partial charge in [-0.1, -0.05) is 48.2 Å². The summed E-state index contributed by atoms with van der Waals surface area (Å²) in [6.07, 6.45) is 0.666. The van der Waals surface area contributed by atoms with Crippen LogP contribution >= 0.6 is 11.8 Å². The average molecular weight is 367 g/mol. The lowest BCUT2D eigenvalue weighted by atomic mass is 10.1. The molecule has 134 valence electrons. The van der Waals surface area contributed by atoms with Crippen molar-refractivity contribution in [3.8, 4) is 5.69 Å². The van der Waals surface area contributed by atoms with Crippen molar-refractivity contribution in [3.63, 3.8) is 0 Å². The van der Waals surface area contributed by atoms with Gasteiger partial charge in [-0.2, -0.15) is 0 Å². The monoisotopic (exact) mass is 367 g/mol. The van der Waals surface area contributed by atoms with Crippen LogP contribution in [0, 0.1) is 13.8 Å². The van der Waals surface area contributed by atoms with Crippen molar-refractivity contribution in [3.05, 3.63) is 71.0 Å². The van der Waals surface area contributed by atoms with Crippen LogP contribution in [0.3, 0.4) is 0 Å². The Morgan fingerprint density at radius 3 is 2.54 bits per heavy atom. The van der Waals surface area contributed by atoms with Crippen LogP contribution in [0.25, 0.3) is 5.69 Å². The molecule has 1 aromatic heterocycles. The summed E-state index contributed by atoms with van der Waals surface area (Å²) in [5, 5.41) is 9.38. The third-order valence-electron chi connectivity index (χ3n) is 4.20. The highest BCUT2D eigenvalue weighted by atomic mass is 32.2. The number of hydrogen-bond donors (Lipinski definition) is 0. The summed E-state index contributed by atoms with van der Waals surface area (Å²) in [5.41, 5.74) is 4.59. The van der Waals surface area contributed by atoms with E-state index in [1.165, 1.54) is 30.0 Å². The Bertz CT molecular complexity index is 907. The van der Waals surface area contributed by atoms with Crippen LogP contribution in [-0.4, -0.2) is 33.6 Å². The maximum Gasteiger partial charge on any atom is 0.316 e. The molecule has 0 fully saturated rings. The summed E-state index contributed by atoms with van der Waals surface area (Å²) in [4.78, 5) is 11.5. The standard InChI is InChI=1S/C20H21N3O2S/c1-14-9-10-17(11-15(14)2)23-18(12-16-7-5-4-6-8-16)21-22-20(23)26-13-19(24)25-3/h4-11H,12-13H2,1-3H3. The van der Waals surface area contributed by atoms with Crippen molar-refractivity contribution in [2.75, 3.05) is 12.9 Å². The lowest BCUT2D eigenvalue weighted by molar-refractivity contribution is -0.137. The van der Waals surface area contributed by atoms with Gasteiger partial charge < -0.3 is 4.74 Å². The lowest BCUT2D eigenvalue weighted by Crippen LogP contribution is -2.07. The largest absolute Gasteiger partial charge is 0.468 e. The molecule has 0 radical (unpaired) electrons. The van der Waals surface area contributed by atoms with E-state index in [4.69, 9.17) is 4.74 Å². The molecule has 3 aromatic rings. The number of nitrogens with zero attached hydrogens (tertiary/aromatic N) is 3. The predicted octanol–water partition coefficient (Wildman–Crippen LogP) is 3.74. The normalized spacial score (nSPS) is 10.7. The molecule has 2 aromatic carbocycles. The summed E-state index contributed by atoms with van der Waals surface area (Å²) in [7, 11) is 1.39. The fourth-order valence-electron chi connectivity index (χ4n) is 2.59. The second kappa shape index (κ2) is 8.19. The minimum atomic E-state index is -0.283. The zero-order chi connectivity index (χ0) is 18.5. The van der Waals surface area contributed by atoms with Crippen LogP contribution < -0.4 is 0 Å². The Kier molecular flexibility index (Phi) is 5.73. The Morgan fingerprint density at radius 2 is 1.85 bits per heavy atom. The molecular formula is C20H21N3O2S. The van der Waals surface area contributed by atoms with Crippen LogP contribution in [0.2, 0.25) is 0 Å². The topological polar surface area (TPSA) is 57.0 Å². The number of rotatable bonds is 6. The third-order valence-corrected chi connectivity index (χ3v) is 5.10. The van der Waals surface area contributed by atoms with Crippen LogP contribution in [-0.2, 0) is 16.0 Å². The predicted molar refractivity (Wildman–Crippen MR) is 103 cm³/mol. The highest BCUT2D eigenvalue weighted by molar-refractivity contribution is 7.99. The molecule has 6 heteroatoms. The van der Waals surface area contributed by atoms with Gasteiger partial charge >= 0.3 is 5.97 Å². The molecule has 0 aliphatic rings. The number of aryl methyl sites for hydroxylation is 2. The average Bonchev–Trinajstić information content (AvgIpc) is 3.05. The Labute approximate surface area is 157 Å². The van der Waals surface area contributed by atoms with Gasteiger partial charge in [0.05, 0.1) is 12.9 Å². The second-order valence-electron chi connectivity index (χ2n) is 6.03. The zero-order valence-corrected chi connectivity index (χ0v) is 15.9. The quantitative estimate of drug-likeness (QED) is 0.491. The molecule has 0 N–H and O–H groups in total. The number of aromatic nitrogens is 3. The SMILES string of the molecule is COC(=O)CSc1nnc(Cc2ccccc2)n1-c1ccc(C)c(C)c1. The summed E-state index contributed by atoms with van der Waals surface area (Å²) in [5.74, 6) is 0.756. The number of benzene rings is 2. The van der Waals surface area contributed by atoms with Crippen molar-refractivity contribution in [1.29, 1.82) is 0 Å². The third kappa shape index (κ3) is 4.14. The molecule has 0 unspecified atom stereocenters. The zero-order valence-electron chi connectivity index (χ0n) is 15.1. The van der Waals surface area contributed by atoms with E-state index in [0.29, 0.717) is 11.6 Å². The number of carbonyl (C=O) groups is 1. The first-order chi connectivity index (χ1) is 12.6. The van der Waals surface area contributed by atoms with Crippen LogP contribution in [0.1, 0.15) is 22.5 Å². The van der Waals surface area contributed by atoms with Gasteiger partial charge in [0.25, 0.3) is 0 Å². The van der Waals surface area contributed by atoms with Gasteiger partial charge in [0.15, 0.2) is 5.16 Å². The Balaban J connectivity index is 1.99. The molecule has 3 rings (SSSR count). The van der Waals surface area contributed by atoms with E-state index in [1.807, 2.05) is 22.8 Å². The van der Waals surface area contributed by atoms with E-state index in [-0.39, 0.29) is 11.7 Å². The fourth-order valence-corrected chi connectivity index (χ4v) is 3.40. The maximum absolute atomic E-state index is 11.5. The number of esters is 1. The number of ether oxygens (including phenoxy) is 1. The molecule has 0 amide bonds. The van der Waals surface area contributed by atoms with Gasteiger partial charge in [0.1, 0.15) is 5.82 Å². The molecule has 1 heterocycles. The smallest absolute Gasteiger partial charge is 0.316 e. The van der Waals surface area contributed by atoms with Crippen molar-refractivity contribution >= 4 is 17.7 Å². The first-order valence-corrected chi connectivity index (χ1v) is 9.32. The molecule has 0 saturated carbocycles. The summed E-state index contributed by atoms with van der Waals surface area (Å²) in [6, 6.07) is 16.4. The molecule has 26 heavy (non-hydrogen) atoms. The first-order valence-electron chi connectivity index (χ1n) is 8.34. The molecule has 0 aliphatic heterocycles. The fraction of sp³-hybridized carbons (Fsp3) is 0.250. The lowest BCUT2D eigenvalue weighted by Gasteiger charge is -2.12. The van der Waals surface area contributed by atoms with E-state index in [0.717, 1.165) is 17.1 Å². The summed E-state index contributed by atoms with van der Waals surface area (Å²) in [6.45, 7) is 4.17. The number of thioether (sulfide) groups is 1. The van der Waals surface area contributed by atoms with E-state index < -0.39 is 0 Å². The molecule has 0 spiro atoms. The Hall–Kier alpha value is -2.60. The van der Waals surface area contributed by atoms with E-state index in [9.17, 15) is 4.79 Å². The summed E-state index contributed by atoms with van der Waals surface area (Å²) >= 11 is 1.33. The van der Waals surface area contributed by atoms with Crippen molar-refractivity contribution in [1.82, 2.24) is 14.8 Å². The number of methoxy groups -OCH3 is 1. The van der Waals surface area contributed by atoms with Gasteiger partial charge in [-0.05, 0) is 42.7 Å². The van der Waals surface area contributed by atoms with Crippen molar-refractivity contribution < 1.29 is 9.53 Å². The summed E-state index contributed by atoms with van der Waals surface area (Å²) < 4.78 is 6.76. The van der Waals surface area contributed by atoms with E-state index >= 15 is 0 Å². The minimum absolute atomic E-state index is 0.199. The van der Waals surface area contributed by atoms with Crippen molar-refractivity contribution in [2.45, 2.75) is 25.4 Å². The van der Waals surface area contributed by atoms with Gasteiger partial charge in [0, 0.05) is 12.1 Å². The second-order valence-corrected chi connectivity index (χ2v) is 6.97.